The van der Waals surface area contributed by atoms with Crippen LogP contribution < -0.4 is 10.1 Å². The fourth-order valence-corrected chi connectivity index (χ4v) is 3.01. The van der Waals surface area contributed by atoms with Gasteiger partial charge in [0.2, 0.25) is 0 Å². The van der Waals surface area contributed by atoms with Gasteiger partial charge >= 0.3 is 5.97 Å². The summed E-state index contributed by atoms with van der Waals surface area (Å²) in [6, 6.07) is 8.39. The second kappa shape index (κ2) is 7.90. The summed E-state index contributed by atoms with van der Waals surface area (Å²) in [5.74, 6) is -1.55. The predicted molar refractivity (Wildman–Crippen MR) is 100 cm³/mol. The Balaban J connectivity index is 1.85. The van der Waals surface area contributed by atoms with Crippen LogP contribution in [0.3, 0.4) is 0 Å². The molecule has 1 saturated heterocycles. The van der Waals surface area contributed by atoms with Crippen LogP contribution in [0.25, 0.3) is 6.08 Å². The summed E-state index contributed by atoms with van der Waals surface area (Å²) in [5.41, 5.74) is -1.17. The summed E-state index contributed by atoms with van der Waals surface area (Å²) in [6.07, 6.45) is 1.42. The summed E-state index contributed by atoms with van der Waals surface area (Å²) >= 11 is 0.720. The molecule has 0 bridgehead atoms. The molecule has 1 N–H and O–H groups in total. The maximum absolute atomic E-state index is 12.3. The minimum absolute atomic E-state index is 0.0354. The maximum Gasteiger partial charge on any atom is 0.344 e. The number of imide groups is 1. The number of carbonyl (C=O) groups is 3. The van der Waals surface area contributed by atoms with Gasteiger partial charge in [-0.15, -0.1) is 0 Å². The second-order valence-corrected chi connectivity index (χ2v) is 6.58. The smallest absolute Gasteiger partial charge is 0.344 e. The van der Waals surface area contributed by atoms with Crippen LogP contribution in [0.2, 0.25) is 0 Å². The first kappa shape index (κ1) is 19.7. The molecule has 2 aromatic carbocycles. The summed E-state index contributed by atoms with van der Waals surface area (Å²) in [7, 11) is 0. The molecule has 0 saturated carbocycles. The van der Waals surface area contributed by atoms with E-state index in [1.807, 2.05) is 0 Å². The third-order valence-corrected chi connectivity index (χ3v) is 4.38. The number of nitrogens with zero attached hydrogens (tertiary/aromatic N) is 2. The molecular weight excluding hydrogens is 406 g/mol. The average molecular weight is 415 g/mol. The predicted octanol–water partition coefficient (Wildman–Crippen LogP) is 3.05. The second-order valence-electron chi connectivity index (χ2n) is 5.57. The first-order valence-corrected chi connectivity index (χ1v) is 8.55. The van der Waals surface area contributed by atoms with E-state index in [2.05, 4.69) is 5.32 Å². The number of amides is 2. The number of nitrogens with one attached hydrogen (secondary N) is 1. The van der Waals surface area contributed by atoms with Crippen molar-refractivity contribution in [1.29, 1.82) is 0 Å². The van der Waals surface area contributed by atoms with Crippen molar-refractivity contribution in [3.8, 4) is 5.75 Å². The molecule has 0 aliphatic carbocycles. The Bertz CT molecular complexity index is 1080. The minimum Gasteiger partial charge on any atom is -0.423 e. The Hall–Kier alpha value is -4.06. The molecule has 0 unspecified atom stereocenters. The van der Waals surface area contributed by atoms with Gasteiger partial charge in [-0.2, -0.15) is 0 Å². The molecule has 0 radical (unpaired) electrons. The zero-order chi connectivity index (χ0) is 21.1. The van der Waals surface area contributed by atoms with Crippen molar-refractivity contribution in [2.24, 2.45) is 0 Å². The van der Waals surface area contributed by atoms with Crippen LogP contribution in [-0.2, 0) is 4.79 Å². The van der Waals surface area contributed by atoms with Gasteiger partial charge in [-0.25, -0.2) is 4.79 Å². The number of ether oxygens (including phenoxy) is 1. The van der Waals surface area contributed by atoms with Crippen molar-refractivity contribution < 1.29 is 29.0 Å². The molecule has 0 atom stereocenters. The number of rotatable bonds is 5. The van der Waals surface area contributed by atoms with Crippen LogP contribution in [0, 0.1) is 20.2 Å². The molecule has 0 aromatic heterocycles. The van der Waals surface area contributed by atoms with Crippen LogP contribution in [0.5, 0.6) is 5.75 Å². The Morgan fingerprint density at radius 1 is 1.03 bits per heavy atom. The van der Waals surface area contributed by atoms with Crippen LogP contribution in [-0.4, -0.2) is 27.0 Å². The number of nitro benzene ring substituents is 2. The fourth-order valence-electron chi connectivity index (χ4n) is 2.33. The van der Waals surface area contributed by atoms with Gasteiger partial charge < -0.3 is 4.74 Å². The lowest BCUT2D eigenvalue weighted by Gasteiger charge is -2.06. The van der Waals surface area contributed by atoms with E-state index in [1.54, 1.807) is 6.07 Å². The number of benzene rings is 2. The topological polar surface area (TPSA) is 159 Å². The standard InChI is InChI=1S/C17H9N3O8S/c21-15-14(29-17(23)18-15)5-9-2-1-3-13(4-9)28-16(22)10-6-11(19(24)25)8-12(7-10)20(26)27/h1-8H,(H,18,21,23). The van der Waals surface area contributed by atoms with E-state index >= 15 is 0 Å². The maximum atomic E-state index is 12.3. The highest BCUT2D eigenvalue weighted by molar-refractivity contribution is 8.18. The Morgan fingerprint density at radius 3 is 2.24 bits per heavy atom. The molecule has 1 fully saturated rings. The molecule has 29 heavy (non-hydrogen) atoms. The highest BCUT2D eigenvalue weighted by Gasteiger charge is 2.25. The third kappa shape index (κ3) is 4.62. The first-order chi connectivity index (χ1) is 13.7. The zero-order valence-electron chi connectivity index (χ0n) is 14.2. The van der Waals surface area contributed by atoms with Gasteiger partial charge in [0.25, 0.3) is 22.5 Å². The molecule has 2 amide bonds. The number of carbonyl (C=O) groups excluding carboxylic acids is 3. The van der Waals surface area contributed by atoms with Crippen molar-refractivity contribution in [1.82, 2.24) is 5.32 Å². The van der Waals surface area contributed by atoms with E-state index in [-0.39, 0.29) is 16.2 Å². The lowest BCUT2D eigenvalue weighted by atomic mass is 10.1. The van der Waals surface area contributed by atoms with Gasteiger partial charge in [0.1, 0.15) is 5.75 Å². The number of thioether (sulfide) groups is 1. The Morgan fingerprint density at radius 2 is 1.69 bits per heavy atom. The van der Waals surface area contributed by atoms with Gasteiger partial charge in [0.15, 0.2) is 0 Å². The monoisotopic (exact) mass is 415 g/mol. The molecule has 146 valence electrons. The minimum atomic E-state index is -1.04. The van der Waals surface area contributed by atoms with Crippen molar-refractivity contribution >= 4 is 46.3 Å². The van der Waals surface area contributed by atoms with Gasteiger partial charge in [-0.05, 0) is 35.5 Å². The van der Waals surface area contributed by atoms with E-state index in [9.17, 15) is 34.6 Å². The molecule has 1 aliphatic heterocycles. The molecule has 3 rings (SSSR count). The van der Waals surface area contributed by atoms with Gasteiger partial charge in [-0.1, -0.05) is 12.1 Å². The highest BCUT2D eigenvalue weighted by atomic mass is 32.2. The van der Waals surface area contributed by atoms with E-state index < -0.39 is 38.3 Å². The number of hydrogen-bond donors (Lipinski definition) is 1. The third-order valence-electron chi connectivity index (χ3n) is 3.57. The number of nitro groups is 2. The number of non-ortho nitro benzene ring substituents is 2. The Labute approximate surface area is 165 Å². The summed E-state index contributed by atoms with van der Waals surface area (Å²) < 4.78 is 5.14. The molecule has 2 aromatic rings. The van der Waals surface area contributed by atoms with Crippen molar-refractivity contribution in [2.45, 2.75) is 0 Å². The van der Waals surface area contributed by atoms with Crippen LogP contribution in [0.15, 0.2) is 47.4 Å². The van der Waals surface area contributed by atoms with Crippen LogP contribution in [0.1, 0.15) is 15.9 Å². The number of esters is 1. The molecular formula is C17H9N3O8S. The highest BCUT2D eigenvalue weighted by Crippen LogP contribution is 2.27. The van der Waals surface area contributed by atoms with E-state index in [0.29, 0.717) is 5.56 Å². The van der Waals surface area contributed by atoms with Crippen molar-refractivity contribution in [3.63, 3.8) is 0 Å². The summed E-state index contributed by atoms with van der Waals surface area (Å²) in [4.78, 5) is 55.4. The van der Waals surface area contributed by atoms with Gasteiger partial charge in [0, 0.05) is 12.1 Å². The number of hydrogen-bond acceptors (Lipinski definition) is 9. The Kier molecular flexibility index (Phi) is 5.36. The zero-order valence-corrected chi connectivity index (χ0v) is 15.0. The van der Waals surface area contributed by atoms with Gasteiger partial charge in [-0.3, -0.25) is 35.1 Å². The van der Waals surface area contributed by atoms with Crippen LogP contribution in [0.4, 0.5) is 16.2 Å². The summed E-state index contributed by atoms with van der Waals surface area (Å²) in [5, 5.41) is 23.5. The van der Waals surface area contributed by atoms with E-state index in [4.69, 9.17) is 4.74 Å². The van der Waals surface area contributed by atoms with E-state index in [0.717, 1.165) is 30.0 Å². The van der Waals surface area contributed by atoms with Crippen LogP contribution >= 0.6 is 11.8 Å². The van der Waals surface area contributed by atoms with E-state index in [1.165, 1.54) is 24.3 Å². The normalized spacial score (nSPS) is 14.6. The average Bonchev–Trinajstić information content (AvgIpc) is 2.98. The van der Waals surface area contributed by atoms with Crippen molar-refractivity contribution in [3.05, 3.63) is 78.7 Å². The lowest BCUT2D eigenvalue weighted by molar-refractivity contribution is -0.394. The molecule has 11 nitrogen and oxygen atoms in total. The van der Waals surface area contributed by atoms with Gasteiger partial charge in [0.05, 0.1) is 26.4 Å². The summed E-state index contributed by atoms with van der Waals surface area (Å²) in [6.45, 7) is 0. The SMILES string of the molecule is O=C1NC(=O)C(=Cc2cccc(OC(=O)c3cc([N+](=O)[O-])cc([N+](=O)[O-])c3)c2)S1. The molecule has 1 aliphatic rings. The van der Waals surface area contributed by atoms with Crippen molar-refractivity contribution in [2.75, 3.05) is 0 Å². The first-order valence-electron chi connectivity index (χ1n) is 7.74. The fraction of sp³-hybridized carbons (Fsp3) is 0. The molecule has 1 heterocycles. The quantitative estimate of drug-likeness (QED) is 0.254. The molecule has 12 heteroatoms. The largest absolute Gasteiger partial charge is 0.423 e. The molecule has 0 spiro atoms. The lowest BCUT2D eigenvalue weighted by Crippen LogP contribution is -2.17.